The number of oxime groups is 1. The van der Waals surface area contributed by atoms with E-state index in [-0.39, 0.29) is 17.5 Å². The van der Waals surface area contributed by atoms with Gasteiger partial charge in [0.15, 0.2) is 6.10 Å². The number of benzene rings is 1. The number of carboxylic acid groups (broad SMARTS) is 1. The van der Waals surface area contributed by atoms with Crippen LogP contribution < -0.4 is 4.74 Å². The van der Waals surface area contributed by atoms with Crippen LogP contribution in [0.25, 0.3) is 0 Å². The smallest absolute Gasteiger partial charge is 0.354 e. The Labute approximate surface area is 125 Å². The van der Waals surface area contributed by atoms with E-state index in [0.29, 0.717) is 18.1 Å². The van der Waals surface area contributed by atoms with Crippen molar-refractivity contribution in [1.29, 1.82) is 0 Å². The first-order valence-corrected chi connectivity index (χ1v) is 6.50. The van der Waals surface area contributed by atoms with Crippen LogP contribution in [-0.4, -0.2) is 27.1 Å². The molecule has 2 heterocycles. The summed E-state index contributed by atoms with van der Waals surface area (Å²) in [5.41, 5.74) is 0.818. The SMILES string of the molecule is O=C(O)c1ccc(OC2=NO[C@@H](c3ccc(O)cc3)C2)cn1. The fourth-order valence-corrected chi connectivity index (χ4v) is 1.99. The molecular weight excluding hydrogens is 288 g/mol. The summed E-state index contributed by atoms with van der Waals surface area (Å²) in [5.74, 6) is -0.147. The van der Waals surface area contributed by atoms with Gasteiger partial charge in [0.05, 0.1) is 12.6 Å². The minimum atomic E-state index is -1.10. The molecule has 0 bridgehead atoms. The molecule has 0 radical (unpaired) electrons. The lowest BCUT2D eigenvalue weighted by Crippen LogP contribution is -2.08. The topological polar surface area (TPSA) is 101 Å². The van der Waals surface area contributed by atoms with Gasteiger partial charge in [-0.1, -0.05) is 17.3 Å². The van der Waals surface area contributed by atoms with E-state index < -0.39 is 5.97 Å². The Kier molecular flexibility index (Phi) is 3.61. The molecule has 0 spiro atoms. The van der Waals surface area contributed by atoms with Gasteiger partial charge < -0.3 is 19.8 Å². The van der Waals surface area contributed by atoms with Crippen molar-refractivity contribution in [2.45, 2.75) is 12.5 Å². The molecule has 2 aromatic rings. The molecule has 1 aromatic heterocycles. The Morgan fingerprint density at radius 2 is 2.00 bits per heavy atom. The van der Waals surface area contributed by atoms with Crippen molar-refractivity contribution in [3.63, 3.8) is 0 Å². The third-order valence-electron chi connectivity index (χ3n) is 3.10. The van der Waals surface area contributed by atoms with E-state index in [4.69, 9.17) is 14.7 Å². The summed E-state index contributed by atoms with van der Waals surface area (Å²) in [6.45, 7) is 0. The van der Waals surface area contributed by atoms with Crippen molar-refractivity contribution in [1.82, 2.24) is 4.98 Å². The molecule has 0 saturated carbocycles. The fraction of sp³-hybridized carbons (Fsp3) is 0.133. The van der Waals surface area contributed by atoms with Gasteiger partial charge in [-0.15, -0.1) is 0 Å². The molecule has 0 unspecified atom stereocenters. The van der Waals surface area contributed by atoms with Crippen molar-refractivity contribution in [2.75, 3.05) is 0 Å². The molecule has 2 N–H and O–H groups in total. The predicted molar refractivity (Wildman–Crippen MR) is 75.8 cm³/mol. The minimum Gasteiger partial charge on any atom is -0.508 e. The summed E-state index contributed by atoms with van der Waals surface area (Å²) in [6.07, 6.45) is 1.48. The minimum absolute atomic E-state index is 0.0565. The highest BCUT2D eigenvalue weighted by Gasteiger charge is 2.24. The quantitative estimate of drug-likeness (QED) is 0.902. The summed E-state index contributed by atoms with van der Waals surface area (Å²) in [6, 6.07) is 9.51. The van der Waals surface area contributed by atoms with Crippen LogP contribution in [0.2, 0.25) is 0 Å². The second kappa shape index (κ2) is 5.72. The van der Waals surface area contributed by atoms with E-state index in [1.54, 1.807) is 24.3 Å². The molecule has 1 atom stereocenters. The van der Waals surface area contributed by atoms with Crippen LogP contribution in [0.4, 0.5) is 0 Å². The largest absolute Gasteiger partial charge is 0.508 e. The molecule has 1 aromatic carbocycles. The summed E-state index contributed by atoms with van der Waals surface area (Å²) in [7, 11) is 0. The van der Waals surface area contributed by atoms with Crippen LogP contribution in [0.15, 0.2) is 47.8 Å². The number of hydrogen-bond donors (Lipinski definition) is 2. The summed E-state index contributed by atoms with van der Waals surface area (Å²) in [5, 5.41) is 21.9. The van der Waals surface area contributed by atoms with Crippen LogP contribution >= 0.6 is 0 Å². The highest BCUT2D eigenvalue weighted by molar-refractivity contribution is 5.85. The monoisotopic (exact) mass is 300 g/mol. The molecule has 3 rings (SSSR count). The Bertz CT molecular complexity index is 710. The maximum Gasteiger partial charge on any atom is 0.354 e. The Morgan fingerprint density at radius 3 is 2.64 bits per heavy atom. The number of phenolic OH excluding ortho intramolecular Hbond substituents is 1. The molecule has 22 heavy (non-hydrogen) atoms. The van der Waals surface area contributed by atoms with Gasteiger partial charge in [0, 0.05) is 0 Å². The van der Waals surface area contributed by atoms with Gasteiger partial charge in [0.25, 0.3) is 0 Å². The number of pyridine rings is 1. The fourth-order valence-electron chi connectivity index (χ4n) is 1.99. The van der Waals surface area contributed by atoms with Crippen LogP contribution in [0, 0.1) is 0 Å². The van der Waals surface area contributed by atoms with Crippen LogP contribution in [0.5, 0.6) is 11.5 Å². The number of aromatic hydroxyl groups is 1. The number of ether oxygens (including phenoxy) is 1. The lowest BCUT2D eigenvalue weighted by Gasteiger charge is -2.08. The summed E-state index contributed by atoms with van der Waals surface area (Å²) < 4.78 is 5.51. The third-order valence-corrected chi connectivity index (χ3v) is 3.10. The van der Waals surface area contributed by atoms with Crippen LogP contribution in [-0.2, 0) is 4.84 Å². The van der Waals surface area contributed by atoms with Gasteiger partial charge in [-0.05, 0) is 29.8 Å². The zero-order chi connectivity index (χ0) is 15.5. The number of nitrogens with zero attached hydrogens (tertiary/aromatic N) is 2. The van der Waals surface area contributed by atoms with Crippen molar-refractivity contribution in [3.05, 3.63) is 53.9 Å². The maximum absolute atomic E-state index is 10.7. The van der Waals surface area contributed by atoms with Crippen molar-refractivity contribution in [3.8, 4) is 11.5 Å². The highest BCUT2D eigenvalue weighted by atomic mass is 16.7. The zero-order valence-corrected chi connectivity index (χ0v) is 11.3. The third kappa shape index (κ3) is 2.98. The molecule has 7 nitrogen and oxygen atoms in total. The molecule has 112 valence electrons. The Morgan fingerprint density at radius 1 is 1.23 bits per heavy atom. The predicted octanol–water partition coefficient (Wildman–Crippen LogP) is 2.34. The average molecular weight is 300 g/mol. The molecule has 1 aliphatic heterocycles. The highest BCUT2D eigenvalue weighted by Crippen LogP contribution is 2.29. The van der Waals surface area contributed by atoms with Crippen molar-refractivity contribution in [2.24, 2.45) is 5.16 Å². The normalized spacial score (nSPS) is 16.7. The lowest BCUT2D eigenvalue weighted by molar-refractivity contribution is 0.0690. The van der Waals surface area contributed by atoms with Gasteiger partial charge in [0.2, 0.25) is 5.90 Å². The molecule has 0 aliphatic carbocycles. The van der Waals surface area contributed by atoms with E-state index >= 15 is 0 Å². The second-order valence-corrected chi connectivity index (χ2v) is 4.66. The van der Waals surface area contributed by atoms with Gasteiger partial charge in [-0.3, -0.25) is 0 Å². The van der Waals surface area contributed by atoms with Crippen LogP contribution in [0.1, 0.15) is 28.6 Å². The number of aromatic carboxylic acids is 1. The van der Waals surface area contributed by atoms with Crippen molar-refractivity contribution < 1.29 is 24.6 Å². The maximum atomic E-state index is 10.7. The first-order valence-electron chi connectivity index (χ1n) is 6.50. The molecule has 0 saturated heterocycles. The zero-order valence-electron chi connectivity index (χ0n) is 11.3. The molecular formula is C15H12N2O5. The number of hydrogen-bond acceptors (Lipinski definition) is 6. The van der Waals surface area contributed by atoms with Crippen LogP contribution in [0.3, 0.4) is 0 Å². The van der Waals surface area contributed by atoms with Gasteiger partial charge >= 0.3 is 5.97 Å². The summed E-state index contributed by atoms with van der Waals surface area (Å²) in [4.78, 5) is 19.8. The van der Waals surface area contributed by atoms with E-state index in [0.717, 1.165) is 5.56 Å². The van der Waals surface area contributed by atoms with E-state index in [2.05, 4.69) is 10.1 Å². The molecule has 0 fully saturated rings. The number of rotatable bonds is 3. The number of aromatic nitrogens is 1. The average Bonchev–Trinajstić information content (AvgIpc) is 2.97. The van der Waals surface area contributed by atoms with Gasteiger partial charge in [-0.25, -0.2) is 9.78 Å². The first kappa shape index (κ1) is 13.9. The van der Waals surface area contributed by atoms with E-state index in [9.17, 15) is 9.90 Å². The van der Waals surface area contributed by atoms with E-state index in [1.807, 2.05) is 0 Å². The van der Waals surface area contributed by atoms with E-state index in [1.165, 1.54) is 18.3 Å². The Balaban J connectivity index is 1.63. The molecule has 7 heteroatoms. The second-order valence-electron chi connectivity index (χ2n) is 4.66. The molecule has 0 amide bonds. The van der Waals surface area contributed by atoms with Crippen molar-refractivity contribution >= 4 is 11.9 Å². The number of carbonyl (C=O) groups is 1. The van der Waals surface area contributed by atoms with Gasteiger partial charge in [0.1, 0.15) is 17.2 Å². The molecule has 1 aliphatic rings. The standard InChI is InChI=1S/C15H12N2O5/c18-10-3-1-9(2-4-10)13-7-14(17-22-13)21-11-5-6-12(15(19)20)16-8-11/h1-6,8,13,18H,7H2,(H,19,20)/t13-/m1/s1. The first-order chi connectivity index (χ1) is 10.6. The van der Waals surface area contributed by atoms with Gasteiger partial charge in [-0.2, -0.15) is 0 Å². The lowest BCUT2D eigenvalue weighted by atomic mass is 10.1. The Hall–Kier alpha value is -3.09. The number of carboxylic acids is 1. The summed E-state index contributed by atoms with van der Waals surface area (Å²) >= 11 is 0. The number of phenols is 1.